The zero-order chi connectivity index (χ0) is 12.3. The monoisotopic (exact) mass is 313 g/mol. The number of hydrogen-bond acceptors (Lipinski definition) is 3. The van der Waals surface area contributed by atoms with E-state index in [2.05, 4.69) is 20.9 Å². The van der Waals surface area contributed by atoms with Crippen LogP contribution in [-0.4, -0.2) is 17.6 Å². The number of hydrogen-bond donors (Lipinski definition) is 0. The van der Waals surface area contributed by atoms with Crippen LogP contribution in [0, 0.1) is 0 Å². The second-order valence-electron chi connectivity index (χ2n) is 2.71. The smallest absolute Gasteiger partial charge is 0.340 e. The largest absolute Gasteiger partial charge is 0.462 e. The van der Waals surface area contributed by atoms with E-state index >= 15 is 0 Å². The normalized spacial score (nSPS) is 10.6. The van der Waals surface area contributed by atoms with Crippen LogP contribution in [0.1, 0.15) is 29.4 Å². The van der Waals surface area contributed by atoms with Crippen molar-refractivity contribution in [2.24, 2.45) is 0 Å². The lowest BCUT2D eigenvalue weighted by atomic mass is 10.2. The summed E-state index contributed by atoms with van der Waals surface area (Å²) in [7, 11) is 0. The number of carbonyl (C=O) groups excluding carboxylic acids is 1. The first kappa shape index (κ1) is 13.3. The highest BCUT2D eigenvalue weighted by Gasteiger charge is 2.20. The van der Waals surface area contributed by atoms with Crippen molar-refractivity contribution >= 4 is 33.5 Å². The van der Waals surface area contributed by atoms with E-state index in [1.807, 2.05) is 0 Å². The molecule has 0 saturated heterocycles. The van der Waals surface area contributed by atoms with Crippen LogP contribution in [0.5, 0.6) is 0 Å². The van der Waals surface area contributed by atoms with Crippen molar-refractivity contribution in [1.82, 2.24) is 4.98 Å². The average molecular weight is 315 g/mol. The van der Waals surface area contributed by atoms with Crippen LogP contribution in [0.2, 0.25) is 5.02 Å². The summed E-state index contributed by atoms with van der Waals surface area (Å²) in [5.41, 5.74) is -0.544. The molecule has 0 radical (unpaired) electrons. The molecule has 88 valence electrons. The van der Waals surface area contributed by atoms with E-state index in [1.54, 1.807) is 6.92 Å². The first-order valence-electron chi connectivity index (χ1n) is 4.28. The maximum absolute atomic E-state index is 12.4. The van der Waals surface area contributed by atoms with Gasteiger partial charge in [-0.25, -0.2) is 18.6 Å². The number of ether oxygens (including phenoxy) is 1. The molecule has 0 unspecified atom stereocenters. The Morgan fingerprint density at radius 2 is 2.31 bits per heavy atom. The van der Waals surface area contributed by atoms with Gasteiger partial charge in [-0.05, 0) is 28.9 Å². The molecule has 0 N–H and O–H groups in total. The fourth-order valence-electron chi connectivity index (χ4n) is 0.985. The van der Waals surface area contributed by atoms with E-state index in [4.69, 9.17) is 16.3 Å². The SMILES string of the molecule is CCOC(=O)c1cc(Cl)c(C(F)F)nc1Br. The molecule has 0 fully saturated rings. The van der Waals surface area contributed by atoms with Crippen LogP contribution >= 0.6 is 27.5 Å². The zero-order valence-corrected chi connectivity index (χ0v) is 10.5. The second-order valence-corrected chi connectivity index (χ2v) is 3.87. The van der Waals surface area contributed by atoms with Crippen LogP contribution in [0.4, 0.5) is 8.78 Å². The van der Waals surface area contributed by atoms with E-state index in [0.717, 1.165) is 6.07 Å². The van der Waals surface area contributed by atoms with Crippen LogP contribution < -0.4 is 0 Å². The molecule has 0 aliphatic carbocycles. The summed E-state index contributed by atoms with van der Waals surface area (Å²) in [6.07, 6.45) is -2.79. The summed E-state index contributed by atoms with van der Waals surface area (Å²) < 4.78 is 29.5. The maximum atomic E-state index is 12.4. The molecular formula is C9H7BrClF2NO2. The average Bonchev–Trinajstić information content (AvgIpc) is 2.20. The molecule has 3 nitrogen and oxygen atoms in total. The van der Waals surface area contributed by atoms with Crippen LogP contribution in [0.15, 0.2) is 10.7 Å². The number of aromatic nitrogens is 1. The second kappa shape index (κ2) is 5.54. The number of alkyl halides is 2. The van der Waals surface area contributed by atoms with E-state index in [0.29, 0.717) is 0 Å². The van der Waals surface area contributed by atoms with Gasteiger partial charge in [-0.15, -0.1) is 0 Å². The lowest BCUT2D eigenvalue weighted by Crippen LogP contribution is -2.08. The highest BCUT2D eigenvalue weighted by atomic mass is 79.9. The predicted octanol–water partition coefficient (Wildman–Crippen LogP) is 3.61. The number of halogens is 4. The molecule has 0 spiro atoms. The van der Waals surface area contributed by atoms with Gasteiger partial charge >= 0.3 is 5.97 Å². The molecule has 0 bridgehead atoms. The quantitative estimate of drug-likeness (QED) is 0.632. The van der Waals surface area contributed by atoms with Crippen molar-refractivity contribution < 1.29 is 18.3 Å². The van der Waals surface area contributed by atoms with Crippen molar-refractivity contribution in [3.05, 3.63) is 26.9 Å². The summed E-state index contributed by atoms with van der Waals surface area (Å²) >= 11 is 8.49. The van der Waals surface area contributed by atoms with Crippen molar-refractivity contribution in [1.29, 1.82) is 0 Å². The Bertz CT molecular complexity index is 415. The highest BCUT2D eigenvalue weighted by molar-refractivity contribution is 9.10. The molecule has 1 aromatic rings. The maximum Gasteiger partial charge on any atom is 0.340 e. The third kappa shape index (κ3) is 2.89. The lowest BCUT2D eigenvalue weighted by Gasteiger charge is -2.07. The minimum Gasteiger partial charge on any atom is -0.462 e. The summed E-state index contributed by atoms with van der Waals surface area (Å²) in [6, 6.07) is 1.11. The van der Waals surface area contributed by atoms with Gasteiger partial charge in [-0.3, -0.25) is 0 Å². The third-order valence-electron chi connectivity index (χ3n) is 1.66. The molecule has 7 heteroatoms. The molecule has 0 atom stereocenters. The van der Waals surface area contributed by atoms with Crippen molar-refractivity contribution in [2.75, 3.05) is 6.61 Å². The summed E-state index contributed by atoms with van der Waals surface area (Å²) in [5, 5.41) is -0.263. The first-order chi connectivity index (χ1) is 7.47. The molecule has 0 aromatic carbocycles. The topological polar surface area (TPSA) is 39.2 Å². The van der Waals surface area contributed by atoms with Gasteiger partial charge in [0.2, 0.25) is 0 Å². The van der Waals surface area contributed by atoms with Gasteiger partial charge in [0.1, 0.15) is 10.3 Å². The molecular weight excluding hydrogens is 307 g/mol. The van der Waals surface area contributed by atoms with Crippen molar-refractivity contribution in [3.63, 3.8) is 0 Å². The van der Waals surface area contributed by atoms with Gasteiger partial charge < -0.3 is 4.74 Å². The van der Waals surface area contributed by atoms with Crippen LogP contribution in [0.3, 0.4) is 0 Å². The van der Waals surface area contributed by atoms with Crippen molar-refractivity contribution in [3.8, 4) is 0 Å². The Morgan fingerprint density at radius 1 is 1.69 bits per heavy atom. The van der Waals surface area contributed by atoms with E-state index in [9.17, 15) is 13.6 Å². The minimum absolute atomic E-state index is 0.00866. The predicted molar refractivity (Wildman–Crippen MR) is 57.9 cm³/mol. The summed E-state index contributed by atoms with van der Waals surface area (Å²) in [5.74, 6) is -0.662. The molecule has 0 aliphatic heterocycles. The summed E-state index contributed by atoms with van der Waals surface area (Å²) in [4.78, 5) is 14.9. The Hall–Kier alpha value is -0.750. The highest BCUT2D eigenvalue weighted by Crippen LogP contribution is 2.29. The first-order valence-corrected chi connectivity index (χ1v) is 5.45. The number of rotatable bonds is 3. The van der Waals surface area contributed by atoms with Crippen LogP contribution in [0.25, 0.3) is 0 Å². The van der Waals surface area contributed by atoms with E-state index in [1.165, 1.54) is 0 Å². The van der Waals surface area contributed by atoms with Crippen LogP contribution in [-0.2, 0) is 4.74 Å². The fourth-order valence-corrected chi connectivity index (χ4v) is 1.69. The standard InChI is InChI=1S/C9H7BrClF2NO2/c1-2-16-9(15)4-3-5(11)6(8(12)13)14-7(4)10/h3,8H,2H2,1H3. The molecule has 1 rings (SSSR count). The van der Waals surface area contributed by atoms with Gasteiger partial charge in [0.15, 0.2) is 0 Å². The number of nitrogens with zero attached hydrogens (tertiary/aromatic N) is 1. The zero-order valence-electron chi connectivity index (χ0n) is 8.14. The molecule has 1 heterocycles. The molecule has 1 aromatic heterocycles. The Morgan fingerprint density at radius 3 is 2.81 bits per heavy atom. The number of carbonyl (C=O) groups is 1. The Kier molecular flexibility index (Phi) is 4.61. The van der Waals surface area contributed by atoms with Gasteiger partial charge in [-0.1, -0.05) is 11.6 Å². The van der Waals surface area contributed by atoms with Gasteiger partial charge in [0.05, 0.1) is 17.2 Å². The van der Waals surface area contributed by atoms with Gasteiger partial charge in [-0.2, -0.15) is 0 Å². The minimum atomic E-state index is -2.79. The number of pyridine rings is 1. The third-order valence-corrected chi connectivity index (χ3v) is 2.57. The Balaban J connectivity index is 3.15. The molecule has 0 amide bonds. The fraction of sp³-hybridized carbons (Fsp3) is 0.333. The van der Waals surface area contributed by atoms with Crippen molar-refractivity contribution in [2.45, 2.75) is 13.3 Å². The summed E-state index contributed by atoms with van der Waals surface area (Å²) in [6.45, 7) is 1.81. The Labute approximate surface area is 104 Å². The molecule has 0 aliphatic rings. The molecule has 16 heavy (non-hydrogen) atoms. The van der Waals surface area contributed by atoms with Gasteiger partial charge in [0.25, 0.3) is 6.43 Å². The number of esters is 1. The lowest BCUT2D eigenvalue weighted by molar-refractivity contribution is 0.0524. The van der Waals surface area contributed by atoms with E-state index < -0.39 is 18.1 Å². The molecule has 0 saturated carbocycles. The van der Waals surface area contributed by atoms with E-state index in [-0.39, 0.29) is 21.8 Å². The van der Waals surface area contributed by atoms with Gasteiger partial charge in [0, 0.05) is 0 Å².